The molecule has 3 rings (SSSR count). The zero-order valence-corrected chi connectivity index (χ0v) is 15.2. The average Bonchev–Trinajstić information content (AvgIpc) is 2.60. The van der Waals surface area contributed by atoms with Crippen LogP contribution < -0.4 is 4.74 Å². The first-order chi connectivity index (χ1) is 11.4. The van der Waals surface area contributed by atoms with Gasteiger partial charge in [0, 0.05) is 5.39 Å². The molecule has 0 amide bonds. The summed E-state index contributed by atoms with van der Waals surface area (Å²) >= 11 is 0. The zero-order chi connectivity index (χ0) is 17.5. The van der Waals surface area contributed by atoms with Gasteiger partial charge >= 0.3 is 5.97 Å². The number of benzene rings is 2. The van der Waals surface area contributed by atoms with E-state index in [0.29, 0.717) is 5.92 Å². The second-order valence-electron chi connectivity index (χ2n) is 7.24. The Labute approximate surface area is 144 Å². The van der Waals surface area contributed by atoms with Gasteiger partial charge in [-0.1, -0.05) is 26.0 Å². The van der Waals surface area contributed by atoms with Crippen molar-refractivity contribution < 1.29 is 14.3 Å². The number of hydrogen-bond donors (Lipinski definition) is 0. The molecule has 128 valence electrons. The summed E-state index contributed by atoms with van der Waals surface area (Å²) in [7, 11) is 3.16. The number of aryl methyl sites for hydroxylation is 1. The van der Waals surface area contributed by atoms with Gasteiger partial charge in [-0.15, -0.1) is 0 Å². The fourth-order valence-corrected chi connectivity index (χ4v) is 3.95. The van der Waals surface area contributed by atoms with E-state index in [2.05, 4.69) is 38.1 Å². The van der Waals surface area contributed by atoms with E-state index in [-0.39, 0.29) is 5.97 Å². The Hall–Kier alpha value is -2.03. The van der Waals surface area contributed by atoms with Gasteiger partial charge in [0.05, 0.1) is 19.6 Å². The lowest BCUT2D eigenvalue weighted by Crippen LogP contribution is -2.37. The SMILES string of the molecule is COC(=O)C1(C)CCCc2c1cc(OC)c1cc(C(C)C)ccc21. The first-order valence-corrected chi connectivity index (χ1v) is 8.64. The van der Waals surface area contributed by atoms with E-state index < -0.39 is 5.41 Å². The lowest BCUT2D eigenvalue weighted by molar-refractivity contribution is -0.147. The molecule has 2 aromatic carbocycles. The van der Waals surface area contributed by atoms with Crippen LogP contribution >= 0.6 is 0 Å². The molecule has 3 nitrogen and oxygen atoms in total. The quantitative estimate of drug-likeness (QED) is 0.764. The largest absolute Gasteiger partial charge is 0.496 e. The number of rotatable bonds is 3. The lowest BCUT2D eigenvalue weighted by atomic mass is 9.70. The molecule has 0 radical (unpaired) electrons. The predicted octanol–water partition coefficient (Wildman–Crippen LogP) is 4.74. The van der Waals surface area contributed by atoms with Crippen LogP contribution in [-0.2, 0) is 21.4 Å². The fraction of sp³-hybridized carbons (Fsp3) is 0.476. The van der Waals surface area contributed by atoms with E-state index in [0.717, 1.165) is 36.0 Å². The van der Waals surface area contributed by atoms with E-state index in [1.54, 1.807) is 7.11 Å². The fourth-order valence-electron chi connectivity index (χ4n) is 3.95. The van der Waals surface area contributed by atoms with Crippen molar-refractivity contribution in [2.45, 2.75) is 51.4 Å². The predicted molar refractivity (Wildman–Crippen MR) is 96.9 cm³/mol. The topological polar surface area (TPSA) is 35.5 Å². The van der Waals surface area contributed by atoms with E-state index >= 15 is 0 Å². The lowest BCUT2D eigenvalue weighted by Gasteiger charge is -2.34. The minimum atomic E-state index is -0.597. The molecule has 3 heteroatoms. The Balaban J connectivity index is 2.31. The first kappa shape index (κ1) is 16.8. The van der Waals surface area contributed by atoms with Crippen LogP contribution in [-0.4, -0.2) is 20.2 Å². The molecule has 0 spiro atoms. The van der Waals surface area contributed by atoms with Gasteiger partial charge < -0.3 is 9.47 Å². The highest BCUT2D eigenvalue weighted by atomic mass is 16.5. The number of ether oxygens (including phenoxy) is 2. The van der Waals surface area contributed by atoms with Crippen LogP contribution in [0.3, 0.4) is 0 Å². The van der Waals surface area contributed by atoms with Gasteiger partial charge in [-0.2, -0.15) is 0 Å². The number of carbonyl (C=O) groups is 1. The maximum atomic E-state index is 12.5. The van der Waals surface area contributed by atoms with Crippen molar-refractivity contribution in [2.75, 3.05) is 14.2 Å². The molecule has 0 saturated carbocycles. The van der Waals surface area contributed by atoms with E-state index in [1.165, 1.54) is 23.6 Å². The summed E-state index contributed by atoms with van der Waals surface area (Å²) in [6.07, 6.45) is 2.79. The number of methoxy groups -OCH3 is 2. The average molecular weight is 326 g/mol. The second-order valence-corrected chi connectivity index (χ2v) is 7.24. The third kappa shape index (κ3) is 2.47. The van der Waals surface area contributed by atoms with Crippen molar-refractivity contribution in [1.29, 1.82) is 0 Å². The molecule has 1 aliphatic rings. The van der Waals surface area contributed by atoms with Crippen LogP contribution in [0.15, 0.2) is 24.3 Å². The van der Waals surface area contributed by atoms with Gasteiger partial charge in [0.25, 0.3) is 0 Å². The number of fused-ring (bicyclic) bond motifs is 3. The molecule has 0 fully saturated rings. The van der Waals surface area contributed by atoms with Crippen molar-refractivity contribution in [3.63, 3.8) is 0 Å². The molecule has 1 atom stereocenters. The highest BCUT2D eigenvalue weighted by molar-refractivity contribution is 5.96. The van der Waals surface area contributed by atoms with Crippen LogP contribution in [0, 0.1) is 0 Å². The molecule has 1 unspecified atom stereocenters. The number of hydrogen-bond acceptors (Lipinski definition) is 3. The maximum Gasteiger partial charge on any atom is 0.316 e. The van der Waals surface area contributed by atoms with Gasteiger partial charge in [0.15, 0.2) is 0 Å². The summed E-state index contributed by atoms with van der Waals surface area (Å²) in [6, 6.07) is 8.66. The summed E-state index contributed by atoms with van der Waals surface area (Å²) in [5.74, 6) is 1.14. The molecule has 0 bridgehead atoms. The monoisotopic (exact) mass is 326 g/mol. The van der Waals surface area contributed by atoms with Crippen LogP contribution in [0.4, 0.5) is 0 Å². The normalized spacial score (nSPS) is 20.1. The highest BCUT2D eigenvalue weighted by Gasteiger charge is 2.41. The van der Waals surface area contributed by atoms with Crippen molar-refractivity contribution in [3.8, 4) is 5.75 Å². The molecular weight excluding hydrogens is 300 g/mol. The molecule has 24 heavy (non-hydrogen) atoms. The summed E-state index contributed by atoms with van der Waals surface area (Å²) in [4.78, 5) is 12.5. The third-order valence-corrected chi connectivity index (χ3v) is 5.46. The zero-order valence-electron chi connectivity index (χ0n) is 15.2. The van der Waals surface area contributed by atoms with Crippen molar-refractivity contribution in [3.05, 3.63) is 41.0 Å². The molecule has 2 aromatic rings. The minimum Gasteiger partial charge on any atom is -0.496 e. The van der Waals surface area contributed by atoms with Crippen molar-refractivity contribution in [1.82, 2.24) is 0 Å². The van der Waals surface area contributed by atoms with E-state index in [4.69, 9.17) is 9.47 Å². The van der Waals surface area contributed by atoms with Gasteiger partial charge in [0.1, 0.15) is 5.75 Å². The number of esters is 1. The highest BCUT2D eigenvalue weighted by Crippen LogP contribution is 2.44. The molecule has 0 heterocycles. The van der Waals surface area contributed by atoms with Gasteiger partial charge in [0.2, 0.25) is 0 Å². The Morgan fingerprint density at radius 3 is 2.54 bits per heavy atom. The summed E-state index contributed by atoms with van der Waals surface area (Å²) in [5.41, 5.74) is 3.02. The van der Waals surface area contributed by atoms with Crippen molar-refractivity contribution in [2.24, 2.45) is 0 Å². The van der Waals surface area contributed by atoms with Crippen LogP contribution in [0.2, 0.25) is 0 Å². The van der Waals surface area contributed by atoms with Crippen LogP contribution in [0.1, 0.15) is 56.2 Å². The van der Waals surface area contributed by atoms with Crippen molar-refractivity contribution >= 4 is 16.7 Å². The summed E-state index contributed by atoms with van der Waals surface area (Å²) in [5, 5.41) is 2.33. The van der Waals surface area contributed by atoms with Gasteiger partial charge in [-0.05, 0) is 66.3 Å². The molecule has 0 aromatic heterocycles. The van der Waals surface area contributed by atoms with Crippen LogP contribution in [0.5, 0.6) is 5.75 Å². The van der Waals surface area contributed by atoms with Gasteiger partial charge in [-0.25, -0.2) is 0 Å². The first-order valence-electron chi connectivity index (χ1n) is 8.64. The van der Waals surface area contributed by atoms with Gasteiger partial charge in [-0.3, -0.25) is 4.79 Å². The molecular formula is C21H26O3. The molecule has 1 aliphatic carbocycles. The molecule has 0 N–H and O–H groups in total. The molecule has 0 saturated heterocycles. The standard InChI is InChI=1S/C21H26O3/c1-13(2)14-8-9-15-16-7-6-10-21(3,20(22)24-5)18(16)12-19(23-4)17(15)11-14/h8-9,11-13H,6-7,10H2,1-5H3. The maximum absolute atomic E-state index is 12.5. The smallest absolute Gasteiger partial charge is 0.316 e. The third-order valence-electron chi connectivity index (χ3n) is 5.46. The number of carbonyl (C=O) groups excluding carboxylic acids is 1. The Morgan fingerprint density at radius 2 is 1.92 bits per heavy atom. The Bertz CT molecular complexity index is 791. The summed E-state index contributed by atoms with van der Waals surface area (Å²) in [6.45, 7) is 6.38. The van der Waals surface area contributed by atoms with E-state index in [9.17, 15) is 4.79 Å². The molecule has 0 aliphatic heterocycles. The Kier molecular flexibility index (Phi) is 4.29. The summed E-state index contributed by atoms with van der Waals surface area (Å²) < 4.78 is 10.8. The van der Waals surface area contributed by atoms with Crippen LogP contribution in [0.25, 0.3) is 10.8 Å². The Morgan fingerprint density at radius 1 is 1.17 bits per heavy atom. The second kappa shape index (κ2) is 6.12. The minimum absolute atomic E-state index is 0.163. The van der Waals surface area contributed by atoms with E-state index in [1.807, 2.05) is 6.92 Å².